The number of nitrogens with zero attached hydrogens (tertiary/aromatic N) is 3. The molecule has 130 valence electrons. The first kappa shape index (κ1) is 16.7. The van der Waals surface area contributed by atoms with E-state index < -0.39 is 0 Å². The molecule has 0 spiro atoms. The van der Waals surface area contributed by atoms with Gasteiger partial charge in [0.2, 0.25) is 0 Å². The summed E-state index contributed by atoms with van der Waals surface area (Å²) in [4.78, 5) is 19.2. The van der Waals surface area contributed by atoms with Crippen molar-refractivity contribution in [2.24, 2.45) is 4.99 Å². The van der Waals surface area contributed by atoms with E-state index in [1.165, 1.54) is 0 Å². The van der Waals surface area contributed by atoms with Gasteiger partial charge in [-0.2, -0.15) is 10.3 Å². The van der Waals surface area contributed by atoms with E-state index in [1.807, 2.05) is 66.7 Å². The molecule has 0 N–H and O–H groups in total. The maximum absolute atomic E-state index is 12.7. The van der Waals surface area contributed by atoms with E-state index in [0.29, 0.717) is 30.1 Å². The van der Waals surface area contributed by atoms with Crippen molar-refractivity contribution in [1.29, 1.82) is 5.26 Å². The SMILES string of the molecule is N#Cc1ccccc1CN1Cc2ccccc2C1=NC(=O)c1ccccc1. The van der Waals surface area contributed by atoms with Crippen LogP contribution in [0.25, 0.3) is 0 Å². The van der Waals surface area contributed by atoms with Gasteiger partial charge in [0.25, 0.3) is 5.91 Å². The van der Waals surface area contributed by atoms with Crippen LogP contribution in [0.3, 0.4) is 0 Å². The van der Waals surface area contributed by atoms with Crippen LogP contribution in [0.2, 0.25) is 0 Å². The Bertz CT molecular complexity index is 1060. The topological polar surface area (TPSA) is 56.5 Å². The monoisotopic (exact) mass is 351 g/mol. The number of hydrogen-bond acceptors (Lipinski definition) is 2. The number of carbonyl (C=O) groups is 1. The van der Waals surface area contributed by atoms with Gasteiger partial charge in [-0.3, -0.25) is 4.79 Å². The minimum Gasteiger partial charge on any atom is -0.347 e. The Hall–Kier alpha value is -3.71. The van der Waals surface area contributed by atoms with Gasteiger partial charge in [0, 0.05) is 24.2 Å². The zero-order chi connectivity index (χ0) is 18.6. The van der Waals surface area contributed by atoms with Crippen LogP contribution >= 0.6 is 0 Å². The second-order valence-electron chi connectivity index (χ2n) is 6.39. The highest BCUT2D eigenvalue weighted by Crippen LogP contribution is 2.26. The Balaban J connectivity index is 1.72. The average Bonchev–Trinajstić information content (AvgIpc) is 3.06. The van der Waals surface area contributed by atoms with Gasteiger partial charge in [0.15, 0.2) is 0 Å². The summed E-state index contributed by atoms with van der Waals surface area (Å²) in [5, 5.41) is 9.37. The third kappa shape index (κ3) is 3.36. The fourth-order valence-corrected chi connectivity index (χ4v) is 3.30. The lowest BCUT2D eigenvalue weighted by molar-refractivity contribution is 0.100. The van der Waals surface area contributed by atoms with Crippen LogP contribution in [0, 0.1) is 11.3 Å². The molecule has 0 radical (unpaired) electrons. The predicted octanol–water partition coefficient (Wildman–Crippen LogP) is 4.16. The first-order valence-corrected chi connectivity index (χ1v) is 8.75. The molecule has 3 aromatic carbocycles. The Morgan fingerprint density at radius 3 is 2.48 bits per heavy atom. The summed E-state index contributed by atoms with van der Waals surface area (Å²) < 4.78 is 0. The van der Waals surface area contributed by atoms with Crippen molar-refractivity contribution in [2.75, 3.05) is 0 Å². The summed E-state index contributed by atoms with van der Waals surface area (Å²) in [7, 11) is 0. The molecule has 0 atom stereocenters. The zero-order valence-corrected chi connectivity index (χ0v) is 14.7. The summed E-state index contributed by atoms with van der Waals surface area (Å²) in [6, 6.07) is 26.8. The molecule has 0 aliphatic carbocycles. The van der Waals surface area contributed by atoms with E-state index in [0.717, 1.165) is 16.7 Å². The third-order valence-corrected chi connectivity index (χ3v) is 4.65. The highest BCUT2D eigenvalue weighted by molar-refractivity contribution is 6.11. The molecule has 4 heteroatoms. The van der Waals surface area contributed by atoms with Gasteiger partial charge >= 0.3 is 0 Å². The van der Waals surface area contributed by atoms with E-state index in [1.54, 1.807) is 12.1 Å². The van der Waals surface area contributed by atoms with Crippen LogP contribution in [0.5, 0.6) is 0 Å². The molecular weight excluding hydrogens is 334 g/mol. The molecule has 0 bridgehead atoms. The molecule has 0 fully saturated rings. The summed E-state index contributed by atoms with van der Waals surface area (Å²) in [5.74, 6) is 0.396. The normalized spacial score (nSPS) is 14.0. The fraction of sp³-hybridized carbons (Fsp3) is 0.0870. The number of fused-ring (bicyclic) bond motifs is 1. The molecule has 1 aliphatic heterocycles. The molecule has 27 heavy (non-hydrogen) atoms. The minimum absolute atomic E-state index is 0.263. The van der Waals surface area contributed by atoms with E-state index >= 15 is 0 Å². The number of amidine groups is 1. The summed E-state index contributed by atoms with van der Waals surface area (Å²) in [5.41, 5.74) is 4.23. The Labute approximate surface area is 158 Å². The van der Waals surface area contributed by atoms with Crippen molar-refractivity contribution in [3.05, 3.63) is 107 Å². The van der Waals surface area contributed by atoms with E-state index in [9.17, 15) is 10.1 Å². The zero-order valence-electron chi connectivity index (χ0n) is 14.7. The molecule has 0 aromatic heterocycles. The molecule has 0 unspecified atom stereocenters. The number of benzene rings is 3. The second kappa shape index (κ2) is 7.27. The van der Waals surface area contributed by atoms with Crippen LogP contribution in [0.1, 0.15) is 32.6 Å². The Kier molecular flexibility index (Phi) is 4.51. The van der Waals surface area contributed by atoms with Gasteiger partial charge in [0.05, 0.1) is 11.6 Å². The van der Waals surface area contributed by atoms with Gasteiger partial charge in [-0.1, -0.05) is 60.7 Å². The van der Waals surface area contributed by atoms with Gasteiger partial charge in [-0.05, 0) is 29.3 Å². The summed E-state index contributed by atoms with van der Waals surface area (Å²) in [6.07, 6.45) is 0. The Morgan fingerprint density at radius 1 is 0.963 bits per heavy atom. The maximum Gasteiger partial charge on any atom is 0.278 e. The van der Waals surface area contributed by atoms with Crippen LogP contribution in [-0.2, 0) is 13.1 Å². The van der Waals surface area contributed by atoms with Crippen molar-refractivity contribution in [1.82, 2.24) is 4.90 Å². The summed E-state index contributed by atoms with van der Waals surface area (Å²) >= 11 is 0. The smallest absolute Gasteiger partial charge is 0.278 e. The molecular formula is C23H17N3O. The van der Waals surface area contributed by atoms with Gasteiger partial charge in [0.1, 0.15) is 5.84 Å². The third-order valence-electron chi connectivity index (χ3n) is 4.65. The lowest BCUT2D eigenvalue weighted by Crippen LogP contribution is -2.25. The maximum atomic E-state index is 12.7. The van der Waals surface area contributed by atoms with Gasteiger partial charge < -0.3 is 4.90 Å². The molecule has 0 saturated carbocycles. The van der Waals surface area contributed by atoms with E-state index in [4.69, 9.17) is 0 Å². The van der Waals surface area contributed by atoms with E-state index in [2.05, 4.69) is 16.0 Å². The van der Waals surface area contributed by atoms with Crippen molar-refractivity contribution < 1.29 is 4.79 Å². The molecule has 0 saturated heterocycles. The molecule has 1 heterocycles. The Morgan fingerprint density at radius 2 is 1.67 bits per heavy atom. The largest absolute Gasteiger partial charge is 0.347 e. The lowest BCUT2D eigenvalue weighted by atomic mass is 10.1. The number of amides is 1. The first-order valence-electron chi connectivity index (χ1n) is 8.75. The quantitative estimate of drug-likeness (QED) is 0.712. The van der Waals surface area contributed by atoms with Crippen molar-refractivity contribution in [2.45, 2.75) is 13.1 Å². The van der Waals surface area contributed by atoms with Crippen LogP contribution in [0.15, 0.2) is 83.9 Å². The second-order valence-corrected chi connectivity index (χ2v) is 6.39. The predicted molar refractivity (Wildman–Crippen MR) is 104 cm³/mol. The van der Waals surface area contributed by atoms with Gasteiger partial charge in [-0.25, -0.2) is 0 Å². The highest BCUT2D eigenvalue weighted by atomic mass is 16.1. The van der Waals surface area contributed by atoms with Crippen molar-refractivity contribution in [3.63, 3.8) is 0 Å². The fourth-order valence-electron chi connectivity index (χ4n) is 3.30. The number of hydrogen-bond donors (Lipinski definition) is 0. The lowest BCUT2D eigenvalue weighted by Gasteiger charge is -2.19. The molecule has 1 amide bonds. The average molecular weight is 351 g/mol. The molecule has 1 aliphatic rings. The van der Waals surface area contributed by atoms with Crippen molar-refractivity contribution >= 4 is 11.7 Å². The highest BCUT2D eigenvalue weighted by Gasteiger charge is 2.26. The number of nitriles is 1. The number of aliphatic imine (C=N–C) groups is 1. The van der Waals surface area contributed by atoms with Crippen molar-refractivity contribution in [3.8, 4) is 6.07 Å². The van der Waals surface area contributed by atoms with E-state index in [-0.39, 0.29) is 5.91 Å². The van der Waals surface area contributed by atoms with Gasteiger partial charge in [-0.15, -0.1) is 0 Å². The number of carbonyl (C=O) groups excluding carboxylic acids is 1. The van der Waals surface area contributed by atoms with Crippen LogP contribution in [0.4, 0.5) is 0 Å². The molecule has 3 aromatic rings. The molecule has 4 rings (SSSR count). The summed E-state index contributed by atoms with van der Waals surface area (Å²) in [6.45, 7) is 1.19. The van der Waals surface area contributed by atoms with Crippen LogP contribution < -0.4 is 0 Å². The number of rotatable bonds is 3. The standard InChI is InChI=1S/C23H17N3O/c24-14-18-10-4-5-11-19(18)15-26-16-20-12-6-7-13-21(20)22(26)25-23(27)17-8-2-1-3-9-17/h1-13H,15-16H2. The van der Waals surface area contributed by atoms with Crippen LogP contribution in [-0.4, -0.2) is 16.6 Å². The first-order chi connectivity index (χ1) is 13.3. The minimum atomic E-state index is -0.263. The molecule has 4 nitrogen and oxygen atoms in total.